The summed E-state index contributed by atoms with van der Waals surface area (Å²) in [6.45, 7) is 2.21. The number of carbonyl (C=O) groups is 1. The SMILES string of the molecule is [B]SN1CCN(C(=O)c2cc(Cn3c(=O)[nH]c(=O)c4ccccc43)ccc2F)CC1. The highest BCUT2D eigenvalue weighted by atomic mass is 32.2. The quantitative estimate of drug-likeness (QED) is 0.506. The summed E-state index contributed by atoms with van der Waals surface area (Å²) in [5.74, 6) is -1.01. The second-order valence-corrected chi connectivity index (χ2v) is 7.73. The number of hydrogen-bond acceptors (Lipinski definition) is 5. The summed E-state index contributed by atoms with van der Waals surface area (Å²) in [4.78, 5) is 41.2. The molecule has 3 aromatic rings. The number of H-pyrrole nitrogens is 1. The van der Waals surface area contributed by atoms with Gasteiger partial charge in [-0.1, -0.05) is 18.2 Å². The van der Waals surface area contributed by atoms with Crippen LogP contribution in [0.2, 0.25) is 0 Å². The van der Waals surface area contributed by atoms with Gasteiger partial charge in [-0.15, -0.1) is 0 Å². The number of aromatic nitrogens is 2. The second-order valence-electron chi connectivity index (χ2n) is 7.00. The van der Waals surface area contributed by atoms with Gasteiger partial charge in [-0.2, -0.15) is 11.8 Å². The van der Waals surface area contributed by atoms with Crippen molar-refractivity contribution in [3.8, 4) is 0 Å². The van der Waals surface area contributed by atoms with E-state index in [1.54, 1.807) is 29.2 Å². The lowest BCUT2D eigenvalue weighted by Crippen LogP contribution is -2.46. The standard InChI is InChI=1S/C20H18BFN4O3S/c21-30-25-9-7-24(8-10-25)19(28)15-11-13(5-6-16(15)22)12-26-17-4-2-1-3-14(17)18(27)23-20(26)29/h1-6,11H,7-10,12H2,(H,23,27,29). The molecule has 2 aromatic carbocycles. The van der Waals surface area contributed by atoms with E-state index in [-0.39, 0.29) is 12.1 Å². The fourth-order valence-corrected chi connectivity index (χ4v) is 3.96. The zero-order chi connectivity index (χ0) is 21.3. The van der Waals surface area contributed by atoms with Gasteiger partial charge in [-0.25, -0.2) is 9.18 Å². The highest BCUT2D eigenvalue weighted by molar-refractivity contribution is 8.17. The highest BCUT2D eigenvalue weighted by Crippen LogP contribution is 2.18. The summed E-state index contributed by atoms with van der Waals surface area (Å²) in [5.41, 5.74) is -0.0138. The van der Waals surface area contributed by atoms with Crippen LogP contribution in [-0.4, -0.2) is 58.0 Å². The summed E-state index contributed by atoms with van der Waals surface area (Å²) in [7, 11) is 5.54. The summed E-state index contributed by atoms with van der Waals surface area (Å²) >= 11 is 1.13. The van der Waals surface area contributed by atoms with Gasteiger partial charge in [0.25, 0.3) is 11.5 Å². The Morgan fingerprint density at radius 1 is 1.10 bits per heavy atom. The Hall–Kier alpha value is -2.85. The Bertz CT molecular complexity index is 1220. The Kier molecular flexibility index (Phi) is 5.78. The molecule has 1 amide bonds. The summed E-state index contributed by atoms with van der Waals surface area (Å²) in [6, 6.07) is 11.0. The van der Waals surface area contributed by atoms with Gasteiger partial charge in [0.2, 0.25) is 0 Å². The predicted octanol–water partition coefficient (Wildman–Crippen LogP) is 1.37. The number of para-hydroxylation sites is 1. The average Bonchev–Trinajstić information content (AvgIpc) is 2.77. The lowest BCUT2D eigenvalue weighted by atomic mass is 10.1. The Morgan fingerprint density at radius 3 is 2.57 bits per heavy atom. The molecule has 30 heavy (non-hydrogen) atoms. The van der Waals surface area contributed by atoms with E-state index in [1.165, 1.54) is 22.8 Å². The minimum absolute atomic E-state index is 0.0388. The zero-order valence-electron chi connectivity index (χ0n) is 16.0. The fraction of sp³-hybridized carbons (Fsp3) is 0.250. The molecule has 1 saturated heterocycles. The van der Waals surface area contributed by atoms with Crippen molar-refractivity contribution in [3.05, 3.63) is 80.2 Å². The summed E-state index contributed by atoms with van der Waals surface area (Å²) in [5, 5.41) is 0.381. The first-order valence-corrected chi connectivity index (χ1v) is 10.2. The van der Waals surface area contributed by atoms with Crippen LogP contribution in [0, 0.1) is 5.82 Å². The van der Waals surface area contributed by atoms with Gasteiger partial charge in [-0.3, -0.25) is 23.4 Å². The molecule has 1 fully saturated rings. The van der Waals surface area contributed by atoms with Crippen LogP contribution in [0.1, 0.15) is 15.9 Å². The molecule has 1 aliphatic heterocycles. The molecule has 7 nitrogen and oxygen atoms in total. The highest BCUT2D eigenvalue weighted by Gasteiger charge is 2.24. The van der Waals surface area contributed by atoms with Gasteiger partial charge in [0, 0.05) is 26.2 Å². The number of benzene rings is 2. The molecular formula is C20H18BFN4O3S. The monoisotopic (exact) mass is 424 g/mol. The number of nitrogens with zero attached hydrogens (tertiary/aromatic N) is 3. The first-order valence-electron chi connectivity index (χ1n) is 9.39. The normalized spacial score (nSPS) is 14.9. The van der Waals surface area contributed by atoms with E-state index in [0.29, 0.717) is 42.6 Å². The second kappa shape index (κ2) is 8.49. The van der Waals surface area contributed by atoms with Gasteiger partial charge in [-0.05, 0) is 29.8 Å². The molecule has 152 valence electrons. The molecule has 0 spiro atoms. The average molecular weight is 424 g/mol. The van der Waals surface area contributed by atoms with Crippen molar-refractivity contribution in [2.45, 2.75) is 6.54 Å². The molecule has 0 aliphatic carbocycles. The van der Waals surface area contributed by atoms with Crippen molar-refractivity contribution < 1.29 is 9.18 Å². The molecule has 0 saturated carbocycles. The number of carbonyl (C=O) groups excluding carboxylic acids is 1. The third-order valence-electron chi connectivity index (χ3n) is 5.18. The van der Waals surface area contributed by atoms with E-state index in [4.69, 9.17) is 7.12 Å². The number of hydrogen-bond donors (Lipinski definition) is 1. The third kappa shape index (κ3) is 3.92. The first-order chi connectivity index (χ1) is 14.5. The largest absolute Gasteiger partial charge is 0.336 e. The summed E-state index contributed by atoms with van der Waals surface area (Å²) in [6.07, 6.45) is 0. The van der Waals surface area contributed by atoms with Crippen LogP contribution in [0.25, 0.3) is 10.9 Å². The topological polar surface area (TPSA) is 78.4 Å². The van der Waals surface area contributed by atoms with Crippen molar-refractivity contribution in [3.63, 3.8) is 0 Å². The van der Waals surface area contributed by atoms with Crippen LogP contribution < -0.4 is 11.2 Å². The van der Waals surface area contributed by atoms with Crippen molar-refractivity contribution in [2.75, 3.05) is 26.2 Å². The molecule has 1 aromatic heterocycles. The Labute approximate surface area is 176 Å². The lowest BCUT2D eigenvalue weighted by molar-refractivity contribution is 0.0699. The summed E-state index contributed by atoms with van der Waals surface area (Å²) < 4.78 is 17.8. The van der Waals surface area contributed by atoms with Crippen LogP contribution >= 0.6 is 11.8 Å². The molecule has 1 aliphatic rings. The van der Waals surface area contributed by atoms with Crippen LogP contribution in [-0.2, 0) is 6.54 Å². The third-order valence-corrected chi connectivity index (χ3v) is 5.85. The first kappa shape index (κ1) is 20.4. The molecule has 2 radical (unpaired) electrons. The molecule has 0 atom stereocenters. The van der Waals surface area contributed by atoms with E-state index in [0.717, 1.165) is 11.8 Å². The van der Waals surface area contributed by atoms with Crippen LogP contribution in [0.3, 0.4) is 0 Å². The number of amides is 1. The van der Waals surface area contributed by atoms with E-state index < -0.39 is 23.0 Å². The molecule has 1 N–H and O–H groups in total. The predicted molar refractivity (Wildman–Crippen MR) is 115 cm³/mol. The molecule has 10 heteroatoms. The maximum atomic E-state index is 14.4. The number of fused-ring (bicyclic) bond motifs is 1. The van der Waals surface area contributed by atoms with Crippen molar-refractivity contribution >= 4 is 35.7 Å². The van der Waals surface area contributed by atoms with Gasteiger partial charge in [0.05, 0.1) is 23.0 Å². The minimum atomic E-state index is -0.613. The zero-order valence-corrected chi connectivity index (χ0v) is 16.8. The van der Waals surface area contributed by atoms with Crippen molar-refractivity contribution in [1.82, 2.24) is 18.8 Å². The molecular weight excluding hydrogens is 406 g/mol. The van der Waals surface area contributed by atoms with Crippen LogP contribution in [0.15, 0.2) is 52.1 Å². The molecule has 0 bridgehead atoms. The van der Waals surface area contributed by atoms with E-state index >= 15 is 0 Å². The Balaban J connectivity index is 1.65. The minimum Gasteiger partial charge on any atom is -0.336 e. The number of aromatic amines is 1. The van der Waals surface area contributed by atoms with Gasteiger partial charge in [0.1, 0.15) is 5.82 Å². The Morgan fingerprint density at radius 2 is 1.83 bits per heavy atom. The van der Waals surface area contributed by atoms with Crippen molar-refractivity contribution in [1.29, 1.82) is 0 Å². The maximum absolute atomic E-state index is 14.4. The van der Waals surface area contributed by atoms with E-state index in [2.05, 4.69) is 4.98 Å². The maximum Gasteiger partial charge on any atom is 0.329 e. The number of halogens is 1. The van der Waals surface area contributed by atoms with Crippen LogP contribution in [0.5, 0.6) is 0 Å². The molecule has 2 heterocycles. The smallest absolute Gasteiger partial charge is 0.329 e. The molecule has 4 rings (SSSR count). The van der Waals surface area contributed by atoms with Crippen molar-refractivity contribution in [2.24, 2.45) is 0 Å². The lowest BCUT2D eigenvalue weighted by Gasteiger charge is -2.33. The number of nitrogens with one attached hydrogen (secondary N) is 1. The molecule has 0 unspecified atom stereocenters. The fourth-order valence-electron chi connectivity index (χ4n) is 3.58. The van der Waals surface area contributed by atoms with Gasteiger partial charge >= 0.3 is 5.69 Å². The number of piperazine rings is 1. The van der Waals surface area contributed by atoms with Gasteiger partial charge in [0.15, 0.2) is 7.12 Å². The number of rotatable bonds is 4. The van der Waals surface area contributed by atoms with Crippen LogP contribution in [0.4, 0.5) is 4.39 Å². The van der Waals surface area contributed by atoms with E-state index in [9.17, 15) is 18.8 Å². The van der Waals surface area contributed by atoms with E-state index in [1.807, 2.05) is 4.31 Å². The van der Waals surface area contributed by atoms with Gasteiger partial charge < -0.3 is 4.90 Å².